The van der Waals surface area contributed by atoms with Crippen molar-refractivity contribution in [2.45, 2.75) is 32.4 Å². The molecule has 5 heteroatoms. The van der Waals surface area contributed by atoms with Crippen LogP contribution in [0.4, 0.5) is 0 Å². The predicted octanol–water partition coefficient (Wildman–Crippen LogP) is 2.93. The minimum Gasteiger partial charge on any atom is -0.332 e. The van der Waals surface area contributed by atoms with Gasteiger partial charge in [-0.05, 0) is 18.6 Å². The van der Waals surface area contributed by atoms with Crippen molar-refractivity contribution >= 4 is 22.9 Å². The average molecular weight is 270 g/mol. The van der Waals surface area contributed by atoms with E-state index in [1.165, 1.54) is 4.88 Å². The zero-order valence-electron chi connectivity index (χ0n) is 9.77. The molecule has 0 aromatic carbocycles. The molecule has 3 nitrogen and oxygen atoms in total. The number of hydrogen-bond donors (Lipinski definition) is 1. The van der Waals surface area contributed by atoms with Crippen LogP contribution in [0.1, 0.15) is 23.9 Å². The zero-order chi connectivity index (χ0) is 12.3. The van der Waals surface area contributed by atoms with Gasteiger partial charge in [0, 0.05) is 23.5 Å². The Bertz CT molecular complexity index is 478. The number of rotatable bonds is 5. The lowest BCUT2D eigenvalue weighted by Crippen LogP contribution is -2.21. The van der Waals surface area contributed by atoms with Crippen LogP contribution in [0.5, 0.6) is 0 Å². The summed E-state index contributed by atoms with van der Waals surface area (Å²) in [5.74, 6) is 0. The van der Waals surface area contributed by atoms with Crippen molar-refractivity contribution < 1.29 is 0 Å². The minimum atomic E-state index is 0.203. The molecule has 2 heterocycles. The van der Waals surface area contributed by atoms with Gasteiger partial charge in [0.15, 0.2) is 0 Å². The molecule has 17 heavy (non-hydrogen) atoms. The quantitative estimate of drug-likeness (QED) is 0.907. The van der Waals surface area contributed by atoms with Crippen LogP contribution in [-0.2, 0) is 13.0 Å². The van der Waals surface area contributed by atoms with Crippen LogP contribution in [0.25, 0.3) is 0 Å². The summed E-state index contributed by atoms with van der Waals surface area (Å²) in [6, 6.07) is 4.17. The SMILES string of the molecule is CCC(N)Cc1cn(Cc2ccc(Cl)s2)cn1. The summed E-state index contributed by atoms with van der Waals surface area (Å²) in [5.41, 5.74) is 6.96. The van der Waals surface area contributed by atoms with Crippen LogP contribution in [-0.4, -0.2) is 15.6 Å². The largest absolute Gasteiger partial charge is 0.332 e. The third kappa shape index (κ3) is 3.56. The highest BCUT2D eigenvalue weighted by molar-refractivity contribution is 7.16. The van der Waals surface area contributed by atoms with Crippen molar-refractivity contribution in [1.29, 1.82) is 0 Å². The lowest BCUT2D eigenvalue weighted by atomic mass is 10.1. The molecule has 0 aliphatic rings. The van der Waals surface area contributed by atoms with Gasteiger partial charge in [0.25, 0.3) is 0 Å². The Balaban J connectivity index is 1.98. The van der Waals surface area contributed by atoms with Crippen LogP contribution in [0, 0.1) is 0 Å². The Morgan fingerprint density at radius 2 is 2.35 bits per heavy atom. The summed E-state index contributed by atoms with van der Waals surface area (Å²) in [6.45, 7) is 2.92. The lowest BCUT2D eigenvalue weighted by molar-refractivity contribution is 0.638. The maximum atomic E-state index is 5.91. The molecule has 2 N–H and O–H groups in total. The van der Waals surface area contributed by atoms with Gasteiger partial charge in [-0.3, -0.25) is 0 Å². The molecule has 0 radical (unpaired) electrons. The average Bonchev–Trinajstić information content (AvgIpc) is 2.89. The maximum Gasteiger partial charge on any atom is 0.0952 e. The number of nitrogens with two attached hydrogens (primary N) is 1. The third-order valence-corrected chi connectivity index (χ3v) is 3.87. The lowest BCUT2D eigenvalue weighted by Gasteiger charge is -2.04. The molecule has 92 valence electrons. The molecule has 2 aromatic rings. The van der Waals surface area contributed by atoms with Gasteiger partial charge >= 0.3 is 0 Å². The number of halogens is 1. The Morgan fingerprint density at radius 1 is 1.53 bits per heavy atom. The fourth-order valence-corrected chi connectivity index (χ4v) is 2.72. The van der Waals surface area contributed by atoms with Gasteiger partial charge in [0.1, 0.15) is 0 Å². The Hall–Kier alpha value is -0.840. The molecule has 0 fully saturated rings. The summed E-state index contributed by atoms with van der Waals surface area (Å²) < 4.78 is 2.90. The van der Waals surface area contributed by atoms with E-state index in [9.17, 15) is 0 Å². The van der Waals surface area contributed by atoms with Crippen molar-refractivity contribution in [3.63, 3.8) is 0 Å². The molecule has 1 atom stereocenters. The molecule has 0 bridgehead atoms. The van der Waals surface area contributed by atoms with Gasteiger partial charge < -0.3 is 10.3 Å². The molecule has 2 aromatic heterocycles. The fraction of sp³-hybridized carbons (Fsp3) is 0.417. The molecular weight excluding hydrogens is 254 g/mol. The molecule has 1 unspecified atom stereocenters. The molecule has 2 rings (SSSR count). The van der Waals surface area contributed by atoms with Crippen molar-refractivity contribution in [2.24, 2.45) is 5.73 Å². The Morgan fingerprint density at radius 3 is 3.00 bits per heavy atom. The normalized spacial score (nSPS) is 12.9. The molecule has 0 saturated heterocycles. The summed E-state index contributed by atoms with van der Waals surface area (Å²) in [6.07, 6.45) is 5.73. The summed E-state index contributed by atoms with van der Waals surface area (Å²) in [5, 5.41) is 0. The first-order valence-corrected chi connectivity index (χ1v) is 6.87. The number of aromatic nitrogens is 2. The summed E-state index contributed by atoms with van der Waals surface area (Å²) >= 11 is 7.50. The number of thiophene rings is 1. The standard InChI is InChI=1S/C12H16ClN3S/c1-2-9(14)5-10-6-16(8-15-10)7-11-3-4-12(13)17-11/h3-4,6,8-9H,2,5,7,14H2,1H3. The van der Waals surface area contributed by atoms with E-state index in [4.69, 9.17) is 17.3 Å². The Kier molecular flexibility index (Phi) is 4.20. The van der Waals surface area contributed by atoms with E-state index >= 15 is 0 Å². The van der Waals surface area contributed by atoms with E-state index in [0.717, 1.165) is 29.4 Å². The monoisotopic (exact) mass is 269 g/mol. The number of hydrogen-bond acceptors (Lipinski definition) is 3. The minimum absolute atomic E-state index is 0.203. The van der Waals surface area contributed by atoms with Crippen LogP contribution < -0.4 is 5.73 Å². The zero-order valence-corrected chi connectivity index (χ0v) is 11.3. The molecular formula is C12H16ClN3S. The highest BCUT2D eigenvalue weighted by atomic mass is 35.5. The first-order valence-electron chi connectivity index (χ1n) is 5.68. The maximum absolute atomic E-state index is 5.91. The van der Waals surface area contributed by atoms with Gasteiger partial charge in [-0.15, -0.1) is 11.3 Å². The first-order chi connectivity index (χ1) is 8.17. The third-order valence-electron chi connectivity index (χ3n) is 2.65. The van der Waals surface area contributed by atoms with Gasteiger partial charge in [-0.2, -0.15) is 0 Å². The van der Waals surface area contributed by atoms with E-state index in [1.807, 2.05) is 18.5 Å². The van der Waals surface area contributed by atoms with E-state index in [0.29, 0.717) is 0 Å². The van der Waals surface area contributed by atoms with Crippen molar-refractivity contribution in [3.05, 3.63) is 39.6 Å². The summed E-state index contributed by atoms with van der Waals surface area (Å²) in [4.78, 5) is 5.60. The highest BCUT2D eigenvalue weighted by Crippen LogP contribution is 2.22. The van der Waals surface area contributed by atoms with Gasteiger partial charge in [-0.25, -0.2) is 4.98 Å². The van der Waals surface area contributed by atoms with Gasteiger partial charge in [-0.1, -0.05) is 18.5 Å². The molecule has 0 saturated carbocycles. The predicted molar refractivity (Wildman–Crippen MR) is 72.6 cm³/mol. The van der Waals surface area contributed by atoms with E-state index in [-0.39, 0.29) is 6.04 Å². The van der Waals surface area contributed by atoms with Gasteiger partial charge in [0.2, 0.25) is 0 Å². The van der Waals surface area contributed by atoms with Crippen molar-refractivity contribution in [3.8, 4) is 0 Å². The number of imidazole rings is 1. The molecule has 0 amide bonds. The summed E-state index contributed by atoms with van der Waals surface area (Å²) in [7, 11) is 0. The second-order valence-electron chi connectivity index (χ2n) is 4.12. The van der Waals surface area contributed by atoms with E-state index < -0.39 is 0 Å². The molecule has 0 spiro atoms. The van der Waals surface area contributed by atoms with Crippen LogP contribution in [0.3, 0.4) is 0 Å². The second kappa shape index (κ2) is 5.67. The highest BCUT2D eigenvalue weighted by Gasteiger charge is 2.05. The first kappa shape index (κ1) is 12.6. The van der Waals surface area contributed by atoms with Crippen molar-refractivity contribution in [1.82, 2.24) is 9.55 Å². The molecule has 0 aliphatic heterocycles. The second-order valence-corrected chi connectivity index (χ2v) is 5.92. The topological polar surface area (TPSA) is 43.8 Å². The van der Waals surface area contributed by atoms with Crippen LogP contribution >= 0.6 is 22.9 Å². The van der Waals surface area contributed by atoms with Crippen LogP contribution in [0.15, 0.2) is 24.7 Å². The smallest absolute Gasteiger partial charge is 0.0952 e. The van der Waals surface area contributed by atoms with Crippen molar-refractivity contribution in [2.75, 3.05) is 0 Å². The van der Waals surface area contributed by atoms with Gasteiger partial charge in [0.05, 0.1) is 22.9 Å². The fourth-order valence-electron chi connectivity index (χ4n) is 1.63. The van der Waals surface area contributed by atoms with E-state index in [1.54, 1.807) is 11.3 Å². The molecule has 0 aliphatic carbocycles. The number of nitrogens with zero attached hydrogens (tertiary/aromatic N) is 2. The van der Waals surface area contributed by atoms with E-state index in [2.05, 4.69) is 22.7 Å². The Labute approximate surface area is 110 Å². The van der Waals surface area contributed by atoms with Crippen LogP contribution in [0.2, 0.25) is 4.34 Å².